The smallest absolute Gasteiger partial charge is 0.0674 e. The van der Waals surface area contributed by atoms with Gasteiger partial charge >= 0.3 is 0 Å². The number of aliphatic hydroxyl groups is 1. The normalized spacial score (nSPS) is 27.4. The second-order valence-electron chi connectivity index (χ2n) is 2.73. The molecule has 0 aromatic carbocycles. The standard InChI is InChI=1S/C7H13O/c1-3-7(2,8)6-4-5-6/h6,8H,2-5H2,1H3. The fraction of sp³-hybridized carbons (Fsp3) is 0.857. The third-order valence-electron chi connectivity index (χ3n) is 1.95. The molecular formula is C7H13O. The molecule has 1 heteroatoms. The van der Waals surface area contributed by atoms with E-state index in [9.17, 15) is 5.11 Å². The average Bonchev–Trinajstić information content (AvgIpc) is 2.44. The van der Waals surface area contributed by atoms with Gasteiger partial charge in [0.2, 0.25) is 0 Å². The van der Waals surface area contributed by atoms with Crippen molar-refractivity contribution in [2.24, 2.45) is 5.92 Å². The molecule has 0 aliphatic heterocycles. The fourth-order valence-corrected chi connectivity index (χ4v) is 0.909. The first-order valence-electron chi connectivity index (χ1n) is 3.24. The van der Waals surface area contributed by atoms with Crippen LogP contribution in [0.15, 0.2) is 0 Å². The van der Waals surface area contributed by atoms with Crippen molar-refractivity contribution < 1.29 is 5.11 Å². The number of hydrogen-bond acceptors (Lipinski definition) is 1. The molecule has 0 spiro atoms. The van der Waals surface area contributed by atoms with Crippen LogP contribution in [-0.4, -0.2) is 10.7 Å². The van der Waals surface area contributed by atoms with Crippen LogP contribution in [0.3, 0.4) is 0 Å². The summed E-state index contributed by atoms with van der Waals surface area (Å²) in [5.41, 5.74) is -0.597. The molecule has 0 heterocycles. The maximum absolute atomic E-state index is 9.35. The molecule has 0 aromatic heterocycles. The lowest BCUT2D eigenvalue weighted by molar-refractivity contribution is 0.0605. The summed E-state index contributed by atoms with van der Waals surface area (Å²) in [5, 5.41) is 9.35. The van der Waals surface area contributed by atoms with Gasteiger partial charge < -0.3 is 5.11 Å². The second-order valence-corrected chi connectivity index (χ2v) is 2.73. The first-order valence-corrected chi connectivity index (χ1v) is 3.24. The van der Waals surface area contributed by atoms with Crippen molar-refractivity contribution in [2.75, 3.05) is 0 Å². The molecule has 1 rings (SSSR count). The SMILES string of the molecule is [CH2]C(O)(CC)C1CC1. The topological polar surface area (TPSA) is 20.2 Å². The molecule has 0 aromatic rings. The molecule has 47 valence electrons. The van der Waals surface area contributed by atoms with E-state index in [-0.39, 0.29) is 0 Å². The van der Waals surface area contributed by atoms with Gasteiger partial charge in [0.05, 0.1) is 5.60 Å². The predicted octanol–water partition coefficient (Wildman–Crippen LogP) is 1.37. The van der Waals surface area contributed by atoms with Crippen LogP contribution in [0.5, 0.6) is 0 Å². The minimum atomic E-state index is -0.597. The number of hydrogen-bond donors (Lipinski definition) is 1. The molecule has 1 fully saturated rings. The Balaban J connectivity index is 2.37. The van der Waals surface area contributed by atoms with E-state index in [2.05, 4.69) is 6.92 Å². The first kappa shape index (κ1) is 6.09. The van der Waals surface area contributed by atoms with E-state index >= 15 is 0 Å². The summed E-state index contributed by atoms with van der Waals surface area (Å²) in [6, 6.07) is 0. The minimum absolute atomic E-state index is 0.507. The fourth-order valence-electron chi connectivity index (χ4n) is 0.909. The van der Waals surface area contributed by atoms with E-state index < -0.39 is 5.60 Å². The maximum Gasteiger partial charge on any atom is 0.0674 e. The van der Waals surface area contributed by atoms with E-state index in [1.807, 2.05) is 6.92 Å². The predicted molar refractivity (Wildman–Crippen MR) is 33.3 cm³/mol. The molecule has 0 amide bonds. The summed E-state index contributed by atoms with van der Waals surface area (Å²) in [6.07, 6.45) is 3.14. The largest absolute Gasteiger partial charge is 0.390 e. The van der Waals surface area contributed by atoms with E-state index in [0.717, 1.165) is 6.42 Å². The zero-order chi connectivity index (χ0) is 6.20. The average molecular weight is 113 g/mol. The van der Waals surface area contributed by atoms with Gasteiger partial charge in [-0.2, -0.15) is 0 Å². The molecule has 0 saturated heterocycles. The van der Waals surface area contributed by atoms with E-state index in [1.54, 1.807) is 0 Å². The summed E-state index contributed by atoms with van der Waals surface area (Å²) in [5.74, 6) is 0.507. The van der Waals surface area contributed by atoms with Gasteiger partial charge in [-0.3, -0.25) is 0 Å². The molecule has 1 aliphatic carbocycles. The number of rotatable bonds is 2. The lowest BCUT2D eigenvalue weighted by atomic mass is 9.98. The third kappa shape index (κ3) is 1.03. The highest BCUT2D eigenvalue weighted by molar-refractivity contribution is 4.95. The highest BCUT2D eigenvalue weighted by Gasteiger charge is 2.38. The van der Waals surface area contributed by atoms with Gasteiger partial charge in [-0.1, -0.05) is 6.92 Å². The van der Waals surface area contributed by atoms with Crippen LogP contribution < -0.4 is 0 Å². The van der Waals surface area contributed by atoms with Crippen LogP contribution in [0.25, 0.3) is 0 Å². The monoisotopic (exact) mass is 113 g/mol. The maximum atomic E-state index is 9.35. The Morgan fingerprint density at radius 3 is 2.38 bits per heavy atom. The van der Waals surface area contributed by atoms with Gasteiger partial charge in [-0.25, -0.2) is 0 Å². The zero-order valence-electron chi connectivity index (χ0n) is 5.35. The van der Waals surface area contributed by atoms with Crippen molar-refractivity contribution in [2.45, 2.75) is 31.8 Å². The van der Waals surface area contributed by atoms with Crippen molar-refractivity contribution in [1.82, 2.24) is 0 Å². The van der Waals surface area contributed by atoms with Gasteiger partial charge in [0, 0.05) is 0 Å². The Morgan fingerprint density at radius 2 is 2.25 bits per heavy atom. The van der Waals surface area contributed by atoms with Gasteiger partial charge in [-0.15, -0.1) is 0 Å². The molecule has 1 unspecified atom stereocenters. The molecule has 1 aliphatic rings. The van der Waals surface area contributed by atoms with Crippen LogP contribution in [-0.2, 0) is 0 Å². The Kier molecular flexibility index (Phi) is 1.31. The zero-order valence-corrected chi connectivity index (χ0v) is 5.35. The summed E-state index contributed by atoms with van der Waals surface area (Å²) in [4.78, 5) is 0. The lowest BCUT2D eigenvalue weighted by Gasteiger charge is -2.19. The highest BCUT2D eigenvalue weighted by atomic mass is 16.3. The molecule has 1 atom stereocenters. The highest BCUT2D eigenvalue weighted by Crippen LogP contribution is 2.40. The van der Waals surface area contributed by atoms with Gasteiger partial charge in [0.1, 0.15) is 0 Å². The van der Waals surface area contributed by atoms with E-state index in [0.29, 0.717) is 5.92 Å². The minimum Gasteiger partial charge on any atom is -0.390 e. The Labute approximate surface area is 50.7 Å². The molecule has 0 bridgehead atoms. The molecule has 1 radical (unpaired) electrons. The van der Waals surface area contributed by atoms with Crippen molar-refractivity contribution in [3.05, 3.63) is 6.92 Å². The molecular weight excluding hydrogens is 100 g/mol. The van der Waals surface area contributed by atoms with Gasteiger partial charge in [-0.05, 0) is 32.1 Å². The third-order valence-corrected chi connectivity index (χ3v) is 1.95. The van der Waals surface area contributed by atoms with Crippen LogP contribution in [0.1, 0.15) is 26.2 Å². The Bertz CT molecular complexity index is 82.4. The summed E-state index contributed by atoms with van der Waals surface area (Å²) in [7, 11) is 0. The van der Waals surface area contributed by atoms with Crippen molar-refractivity contribution >= 4 is 0 Å². The van der Waals surface area contributed by atoms with Gasteiger partial charge in [0.15, 0.2) is 0 Å². The Morgan fingerprint density at radius 1 is 1.75 bits per heavy atom. The second kappa shape index (κ2) is 1.73. The van der Waals surface area contributed by atoms with E-state index in [1.165, 1.54) is 12.8 Å². The summed E-state index contributed by atoms with van der Waals surface area (Å²) >= 11 is 0. The van der Waals surface area contributed by atoms with E-state index in [4.69, 9.17) is 0 Å². The van der Waals surface area contributed by atoms with Crippen LogP contribution in [0.2, 0.25) is 0 Å². The van der Waals surface area contributed by atoms with Crippen molar-refractivity contribution in [3.8, 4) is 0 Å². The van der Waals surface area contributed by atoms with Gasteiger partial charge in [0.25, 0.3) is 0 Å². The molecule has 1 nitrogen and oxygen atoms in total. The van der Waals surface area contributed by atoms with Crippen molar-refractivity contribution in [1.29, 1.82) is 0 Å². The van der Waals surface area contributed by atoms with Crippen molar-refractivity contribution in [3.63, 3.8) is 0 Å². The first-order chi connectivity index (χ1) is 3.67. The summed E-state index contributed by atoms with van der Waals surface area (Å²) in [6.45, 7) is 5.68. The Hall–Kier alpha value is -0.0400. The van der Waals surface area contributed by atoms with Crippen LogP contribution in [0, 0.1) is 12.8 Å². The molecule has 1 saturated carbocycles. The quantitative estimate of drug-likeness (QED) is 0.573. The lowest BCUT2D eigenvalue weighted by Crippen LogP contribution is -2.25. The molecule has 1 N–H and O–H groups in total. The molecule has 8 heavy (non-hydrogen) atoms. The summed E-state index contributed by atoms with van der Waals surface area (Å²) < 4.78 is 0. The van der Waals surface area contributed by atoms with Crippen LogP contribution in [0.4, 0.5) is 0 Å². The van der Waals surface area contributed by atoms with Crippen LogP contribution >= 0.6 is 0 Å².